The highest BCUT2D eigenvalue weighted by Gasteiger charge is 2.67. The van der Waals surface area contributed by atoms with Crippen LogP contribution in [0.15, 0.2) is 12.2 Å². The third-order valence-electron chi connectivity index (χ3n) is 5.94. The van der Waals surface area contributed by atoms with Crippen molar-refractivity contribution >= 4 is 0 Å². The van der Waals surface area contributed by atoms with E-state index in [9.17, 15) is 5.11 Å². The molecule has 0 spiro atoms. The van der Waals surface area contributed by atoms with Crippen LogP contribution in [-0.2, 0) is 0 Å². The topological polar surface area (TPSA) is 20.2 Å². The second kappa shape index (κ2) is 2.93. The van der Waals surface area contributed by atoms with Crippen LogP contribution in [0.3, 0.4) is 0 Å². The van der Waals surface area contributed by atoms with E-state index in [1.54, 1.807) is 0 Å². The Morgan fingerprint density at radius 2 is 1.88 bits per heavy atom. The van der Waals surface area contributed by atoms with Gasteiger partial charge in [0.25, 0.3) is 0 Å². The van der Waals surface area contributed by atoms with Crippen LogP contribution in [0, 0.1) is 29.1 Å². The zero-order valence-electron chi connectivity index (χ0n) is 10.8. The van der Waals surface area contributed by atoms with Crippen LogP contribution in [0.25, 0.3) is 0 Å². The van der Waals surface area contributed by atoms with Gasteiger partial charge >= 0.3 is 0 Å². The highest BCUT2D eigenvalue weighted by Crippen LogP contribution is 2.71. The summed E-state index contributed by atoms with van der Waals surface area (Å²) in [5, 5.41) is 10.6. The fourth-order valence-electron chi connectivity index (χ4n) is 4.90. The molecule has 1 N–H and O–H groups in total. The van der Waals surface area contributed by atoms with Crippen molar-refractivity contribution in [1.29, 1.82) is 0 Å². The van der Waals surface area contributed by atoms with Crippen LogP contribution >= 0.6 is 0 Å². The van der Waals surface area contributed by atoms with Gasteiger partial charge in [0.05, 0.1) is 5.60 Å². The largest absolute Gasteiger partial charge is 0.390 e. The summed E-state index contributed by atoms with van der Waals surface area (Å²) >= 11 is 0. The number of hydrogen-bond donors (Lipinski definition) is 1. The van der Waals surface area contributed by atoms with Gasteiger partial charge in [0.15, 0.2) is 0 Å². The summed E-state index contributed by atoms with van der Waals surface area (Å²) in [4.78, 5) is 0. The van der Waals surface area contributed by atoms with Crippen molar-refractivity contribution < 1.29 is 5.11 Å². The SMILES string of the molecule is C=C1CCC2C([C@H]3[C@@H]1CC[C@@]3(C)O)C2(C)C. The summed E-state index contributed by atoms with van der Waals surface area (Å²) < 4.78 is 0. The van der Waals surface area contributed by atoms with E-state index in [0.717, 1.165) is 24.7 Å². The summed E-state index contributed by atoms with van der Waals surface area (Å²) in [6.07, 6.45) is 4.64. The molecule has 0 aromatic heterocycles. The van der Waals surface area contributed by atoms with E-state index in [0.29, 0.717) is 17.3 Å². The summed E-state index contributed by atoms with van der Waals surface area (Å²) in [6.45, 7) is 11.1. The second-order valence-electron chi connectivity index (χ2n) is 7.18. The van der Waals surface area contributed by atoms with Gasteiger partial charge in [-0.1, -0.05) is 26.0 Å². The van der Waals surface area contributed by atoms with Gasteiger partial charge in [-0.2, -0.15) is 0 Å². The Labute approximate surface area is 98.9 Å². The molecule has 0 aliphatic heterocycles. The predicted octanol–water partition coefficient (Wildman–Crippen LogP) is 3.39. The Hall–Kier alpha value is -0.300. The second-order valence-corrected chi connectivity index (χ2v) is 7.18. The molecule has 3 saturated carbocycles. The molecule has 0 saturated heterocycles. The van der Waals surface area contributed by atoms with Crippen LogP contribution in [0.2, 0.25) is 0 Å². The van der Waals surface area contributed by atoms with Gasteiger partial charge < -0.3 is 5.11 Å². The van der Waals surface area contributed by atoms with Crippen molar-refractivity contribution in [3.63, 3.8) is 0 Å². The summed E-state index contributed by atoms with van der Waals surface area (Å²) in [5.41, 5.74) is 1.46. The third kappa shape index (κ3) is 1.21. The van der Waals surface area contributed by atoms with E-state index in [4.69, 9.17) is 0 Å². The standard InChI is InChI=1S/C15H24O/c1-9-5-6-11-13(14(11,2)3)12-10(9)7-8-15(12,4)16/h10-13,16H,1,5-8H2,2-4H3/t10-,11?,12-,13?,15-/m1/s1. The smallest absolute Gasteiger partial charge is 0.0656 e. The van der Waals surface area contributed by atoms with Gasteiger partial charge in [-0.15, -0.1) is 0 Å². The number of aliphatic hydroxyl groups is 1. The van der Waals surface area contributed by atoms with E-state index >= 15 is 0 Å². The maximum Gasteiger partial charge on any atom is 0.0656 e. The molecule has 0 bridgehead atoms. The lowest BCUT2D eigenvalue weighted by molar-refractivity contribution is -0.00137. The molecule has 0 heterocycles. The van der Waals surface area contributed by atoms with Crippen molar-refractivity contribution in [3.05, 3.63) is 12.2 Å². The number of rotatable bonds is 0. The Morgan fingerprint density at radius 3 is 2.56 bits per heavy atom. The van der Waals surface area contributed by atoms with Gasteiger partial charge in [-0.3, -0.25) is 0 Å². The lowest BCUT2D eigenvalue weighted by Crippen LogP contribution is -2.34. The molecule has 0 aromatic carbocycles. The van der Waals surface area contributed by atoms with Crippen molar-refractivity contribution in [2.75, 3.05) is 0 Å². The quantitative estimate of drug-likeness (QED) is 0.620. The minimum atomic E-state index is -0.436. The van der Waals surface area contributed by atoms with Gasteiger partial charge in [0, 0.05) is 0 Å². The molecule has 0 radical (unpaired) electrons. The molecule has 16 heavy (non-hydrogen) atoms. The highest BCUT2D eigenvalue weighted by molar-refractivity contribution is 5.22. The molecule has 2 unspecified atom stereocenters. The fourth-order valence-corrected chi connectivity index (χ4v) is 4.90. The first-order chi connectivity index (χ1) is 7.36. The summed E-state index contributed by atoms with van der Waals surface area (Å²) in [6, 6.07) is 0. The molecular formula is C15H24O. The average molecular weight is 220 g/mol. The van der Waals surface area contributed by atoms with E-state index in [2.05, 4.69) is 27.4 Å². The minimum absolute atomic E-state index is 0.436. The van der Waals surface area contributed by atoms with Gasteiger partial charge in [-0.05, 0) is 61.7 Å². The van der Waals surface area contributed by atoms with E-state index in [1.165, 1.54) is 18.4 Å². The van der Waals surface area contributed by atoms with Crippen molar-refractivity contribution in [2.45, 2.75) is 52.1 Å². The highest BCUT2D eigenvalue weighted by atomic mass is 16.3. The Balaban J connectivity index is 1.98. The normalized spacial score (nSPS) is 54.1. The van der Waals surface area contributed by atoms with Gasteiger partial charge in [-0.25, -0.2) is 0 Å². The van der Waals surface area contributed by atoms with Crippen LogP contribution in [0.5, 0.6) is 0 Å². The van der Waals surface area contributed by atoms with Gasteiger partial charge in [0.1, 0.15) is 0 Å². The molecule has 90 valence electrons. The molecule has 3 aliphatic rings. The maximum absolute atomic E-state index is 10.6. The number of hydrogen-bond acceptors (Lipinski definition) is 1. The average Bonchev–Trinajstić information content (AvgIpc) is 2.61. The van der Waals surface area contributed by atoms with Crippen molar-refractivity contribution in [3.8, 4) is 0 Å². The molecule has 3 fully saturated rings. The van der Waals surface area contributed by atoms with Gasteiger partial charge in [0.2, 0.25) is 0 Å². The Morgan fingerprint density at radius 1 is 1.19 bits per heavy atom. The van der Waals surface area contributed by atoms with E-state index in [-0.39, 0.29) is 0 Å². The number of fused-ring (bicyclic) bond motifs is 3. The first-order valence-corrected chi connectivity index (χ1v) is 6.76. The zero-order valence-corrected chi connectivity index (χ0v) is 10.8. The molecular weight excluding hydrogens is 196 g/mol. The first-order valence-electron chi connectivity index (χ1n) is 6.76. The lowest BCUT2D eigenvalue weighted by Gasteiger charge is -2.31. The van der Waals surface area contributed by atoms with Crippen LogP contribution < -0.4 is 0 Å². The summed E-state index contributed by atoms with van der Waals surface area (Å²) in [5.74, 6) is 2.67. The Kier molecular flexibility index (Phi) is 1.98. The zero-order chi connectivity index (χ0) is 11.7. The molecule has 1 nitrogen and oxygen atoms in total. The number of allylic oxidation sites excluding steroid dienone is 1. The molecule has 5 atom stereocenters. The van der Waals surface area contributed by atoms with Crippen LogP contribution in [0.1, 0.15) is 46.5 Å². The maximum atomic E-state index is 10.6. The molecule has 0 aromatic rings. The monoisotopic (exact) mass is 220 g/mol. The minimum Gasteiger partial charge on any atom is -0.390 e. The van der Waals surface area contributed by atoms with Crippen molar-refractivity contribution in [2.24, 2.45) is 29.1 Å². The summed E-state index contributed by atoms with van der Waals surface area (Å²) in [7, 11) is 0. The van der Waals surface area contributed by atoms with Crippen LogP contribution in [-0.4, -0.2) is 10.7 Å². The Bertz CT molecular complexity index is 339. The molecule has 3 aliphatic carbocycles. The van der Waals surface area contributed by atoms with Crippen molar-refractivity contribution in [1.82, 2.24) is 0 Å². The lowest BCUT2D eigenvalue weighted by atomic mass is 9.78. The van der Waals surface area contributed by atoms with Crippen LogP contribution in [0.4, 0.5) is 0 Å². The molecule has 3 rings (SSSR count). The molecule has 0 amide bonds. The fraction of sp³-hybridized carbons (Fsp3) is 0.867. The predicted molar refractivity (Wildman–Crippen MR) is 66.0 cm³/mol. The first kappa shape index (κ1) is 10.8. The molecule has 1 heteroatoms. The third-order valence-corrected chi connectivity index (χ3v) is 5.94. The van der Waals surface area contributed by atoms with E-state index < -0.39 is 5.60 Å². The van der Waals surface area contributed by atoms with E-state index in [1.807, 2.05) is 0 Å².